The zero-order chi connectivity index (χ0) is 11.4. The molecule has 0 saturated carbocycles. The topological polar surface area (TPSA) is 23.6 Å². The zero-order valence-corrected chi connectivity index (χ0v) is 10.9. The minimum Gasteiger partial charge on any atom is -0.340 e. The standard InChI is InChI=1S/C10H16N2OS2/c1-11(2)4-5-12(3)10(13)9-6-8(14)7-15-9/h6-7,14H,4-5H2,1-3H3. The van der Waals surface area contributed by atoms with Gasteiger partial charge in [-0.3, -0.25) is 4.79 Å². The molecule has 0 N–H and O–H groups in total. The largest absolute Gasteiger partial charge is 0.340 e. The van der Waals surface area contributed by atoms with Gasteiger partial charge in [-0.2, -0.15) is 0 Å². The van der Waals surface area contributed by atoms with Gasteiger partial charge in [0.1, 0.15) is 0 Å². The maximum atomic E-state index is 11.9. The molecule has 0 unspecified atom stereocenters. The van der Waals surface area contributed by atoms with E-state index in [0.717, 1.165) is 22.9 Å². The summed E-state index contributed by atoms with van der Waals surface area (Å²) in [5.74, 6) is 0.0714. The van der Waals surface area contributed by atoms with Crippen LogP contribution in [0.2, 0.25) is 0 Å². The number of hydrogen-bond acceptors (Lipinski definition) is 4. The van der Waals surface area contributed by atoms with Crippen molar-refractivity contribution in [2.45, 2.75) is 4.90 Å². The first-order valence-electron chi connectivity index (χ1n) is 4.68. The molecule has 1 heterocycles. The van der Waals surface area contributed by atoms with E-state index in [9.17, 15) is 4.79 Å². The van der Waals surface area contributed by atoms with Crippen molar-refractivity contribution < 1.29 is 4.79 Å². The van der Waals surface area contributed by atoms with E-state index in [2.05, 4.69) is 17.5 Å². The molecule has 0 fully saturated rings. The number of thiol groups is 1. The van der Waals surface area contributed by atoms with Crippen LogP contribution in [0.15, 0.2) is 16.3 Å². The fourth-order valence-corrected chi connectivity index (χ4v) is 2.22. The summed E-state index contributed by atoms with van der Waals surface area (Å²) in [4.78, 5) is 17.2. The fourth-order valence-electron chi connectivity index (χ4n) is 1.08. The van der Waals surface area contributed by atoms with E-state index in [4.69, 9.17) is 0 Å². The average molecular weight is 244 g/mol. The molecule has 5 heteroatoms. The van der Waals surface area contributed by atoms with Gasteiger partial charge in [-0.25, -0.2) is 0 Å². The predicted molar refractivity (Wildman–Crippen MR) is 67.1 cm³/mol. The Hall–Kier alpha value is -0.520. The highest BCUT2D eigenvalue weighted by atomic mass is 32.1. The van der Waals surface area contributed by atoms with Gasteiger partial charge in [-0.15, -0.1) is 24.0 Å². The van der Waals surface area contributed by atoms with Gasteiger partial charge in [0.25, 0.3) is 5.91 Å². The van der Waals surface area contributed by atoms with Crippen molar-refractivity contribution in [1.29, 1.82) is 0 Å². The molecule has 0 saturated heterocycles. The number of rotatable bonds is 4. The zero-order valence-electron chi connectivity index (χ0n) is 9.23. The second-order valence-corrected chi connectivity index (χ2v) is 5.13. The predicted octanol–water partition coefficient (Wildman–Crippen LogP) is 1.67. The van der Waals surface area contributed by atoms with Gasteiger partial charge in [0.05, 0.1) is 4.88 Å². The molecular formula is C10H16N2OS2. The second-order valence-electron chi connectivity index (χ2n) is 3.70. The summed E-state index contributed by atoms with van der Waals surface area (Å²) >= 11 is 5.62. The molecule has 0 radical (unpaired) electrons. The number of hydrogen-bond donors (Lipinski definition) is 1. The lowest BCUT2D eigenvalue weighted by Gasteiger charge is -2.18. The van der Waals surface area contributed by atoms with Gasteiger partial charge >= 0.3 is 0 Å². The van der Waals surface area contributed by atoms with Crippen molar-refractivity contribution in [2.24, 2.45) is 0 Å². The summed E-state index contributed by atoms with van der Waals surface area (Å²) in [5, 5.41) is 1.87. The molecule has 1 aromatic rings. The van der Waals surface area contributed by atoms with Crippen LogP contribution in [0.3, 0.4) is 0 Å². The first kappa shape index (κ1) is 12.5. The minimum atomic E-state index is 0.0714. The lowest BCUT2D eigenvalue weighted by Crippen LogP contribution is -2.33. The van der Waals surface area contributed by atoms with Crippen LogP contribution < -0.4 is 0 Å². The van der Waals surface area contributed by atoms with Crippen LogP contribution >= 0.6 is 24.0 Å². The van der Waals surface area contributed by atoms with Crippen molar-refractivity contribution in [3.8, 4) is 0 Å². The normalized spacial score (nSPS) is 10.7. The first-order chi connectivity index (χ1) is 7.00. The van der Waals surface area contributed by atoms with Crippen LogP contribution in [0.25, 0.3) is 0 Å². The Bertz CT molecular complexity index is 336. The Morgan fingerprint density at radius 1 is 1.40 bits per heavy atom. The smallest absolute Gasteiger partial charge is 0.263 e. The highest BCUT2D eigenvalue weighted by Gasteiger charge is 2.13. The molecule has 0 aliphatic carbocycles. The molecule has 1 aromatic heterocycles. The Balaban J connectivity index is 2.53. The van der Waals surface area contributed by atoms with Crippen LogP contribution in [-0.2, 0) is 0 Å². The molecule has 0 atom stereocenters. The molecule has 0 aliphatic heterocycles. The van der Waals surface area contributed by atoms with E-state index in [1.54, 1.807) is 4.90 Å². The average Bonchev–Trinajstić information content (AvgIpc) is 2.60. The molecule has 0 aliphatic rings. The quantitative estimate of drug-likeness (QED) is 0.815. The Kier molecular flexibility index (Phi) is 4.63. The van der Waals surface area contributed by atoms with E-state index in [-0.39, 0.29) is 5.91 Å². The van der Waals surface area contributed by atoms with E-state index in [1.807, 2.05) is 32.6 Å². The van der Waals surface area contributed by atoms with E-state index < -0.39 is 0 Å². The molecule has 0 bridgehead atoms. The van der Waals surface area contributed by atoms with Gasteiger partial charge < -0.3 is 9.80 Å². The van der Waals surface area contributed by atoms with Crippen molar-refractivity contribution in [3.63, 3.8) is 0 Å². The molecule has 1 rings (SSSR count). The first-order valence-corrected chi connectivity index (χ1v) is 6.01. The Morgan fingerprint density at radius 2 is 2.07 bits per heavy atom. The molecule has 84 valence electrons. The van der Waals surface area contributed by atoms with Crippen molar-refractivity contribution >= 4 is 29.9 Å². The summed E-state index contributed by atoms with van der Waals surface area (Å²) in [7, 11) is 5.81. The molecule has 15 heavy (non-hydrogen) atoms. The van der Waals surface area contributed by atoms with Crippen molar-refractivity contribution in [1.82, 2.24) is 9.80 Å². The number of nitrogens with zero attached hydrogens (tertiary/aromatic N) is 2. The minimum absolute atomic E-state index is 0.0714. The van der Waals surface area contributed by atoms with E-state index >= 15 is 0 Å². The number of carbonyl (C=O) groups excluding carboxylic acids is 1. The van der Waals surface area contributed by atoms with Crippen molar-refractivity contribution in [2.75, 3.05) is 34.2 Å². The van der Waals surface area contributed by atoms with Crippen LogP contribution in [0.1, 0.15) is 9.67 Å². The van der Waals surface area contributed by atoms with E-state index in [1.165, 1.54) is 11.3 Å². The summed E-state index contributed by atoms with van der Waals surface area (Å²) in [6.07, 6.45) is 0. The maximum Gasteiger partial charge on any atom is 0.263 e. The third kappa shape index (κ3) is 3.85. The number of carbonyl (C=O) groups is 1. The summed E-state index contributed by atoms with van der Waals surface area (Å²) < 4.78 is 0. The Labute approximate surface area is 100 Å². The highest BCUT2D eigenvalue weighted by Crippen LogP contribution is 2.18. The van der Waals surface area contributed by atoms with Crippen LogP contribution in [0, 0.1) is 0 Å². The van der Waals surface area contributed by atoms with Crippen LogP contribution in [0.4, 0.5) is 0 Å². The molecule has 0 spiro atoms. The van der Waals surface area contributed by atoms with E-state index in [0.29, 0.717) is 0 Å². The SMILES string of the molecule is CN(C)CCN(C)C(=O)c1cc(S)cs1. The van der Waals surface area contributed by atoms with Crippen molar-refractivity contribution in [3.05, 3.63) is 16.3 Å². The summed E-state index contributed by atoms with van der Waals surface area (Å²) in [6.45, 7) is 1.62. The van der Waals surface area contributed by atoms with Gasteiger partial charge in [0.2, 0.25) is 0 Å². The molecule has 0 aromatic carbocycles. The monoisotopic (exact) mass is 244 g/mol. The highest BCUT2D eigenvalue weighted by molar-refractivity contribution is 7.80. The van der Waals surface area contributed by atoms with Crippen LogP contribution in [0.5, 0.6) is 0 Å². The number of thiophene rings is 1. The fraction of sp³-hybridized carbons (Fsp3) is 0.500. The third-order valence-corrected chi connectivity index (χ3v) is 3.38. The summed E-state index contributed by atoms with van der Waals surface area (Å²) in [6, 6.07) is 1.81. The maximum absolute atomic E-state index is 11.9. The molecule has 3 nitrogen and oxygen atoms in total. The summed E-state index contributed by atoms with van der Waals surface area (Å²) in [5.41, 5.74) is 0. The number of amides is 1. The Morgan fingerprint density at radius 3 is 2.53 bits per heavy atom. The molecule has 1 amide bonds. The van der Waals surface area contributed by atoms with Gasteiger partial charge in [0, 0.05) is 30.4 Å². The molecular weight excluding hydrogens is 228 g/mol. The third-order valence-electron chi connectivity index (χ3n) is 2.03. The van der Waals surface area contributed by atoms with Crippen LogP contribution in [-0.4, -0.2) is 49.9 Å². The van der Waals surface area contributed by atoms with Gasteiger partial charge in [-0.1, -0.05) is 0 Å². The lowest BCUT2D eigenvalue weighted by atomic mass is 10.4. The second kappa shape index (κ2) is 5.53. The lowest BCUT2D eigenvalue weighted by molar-refractivity contribution is 0.0791. The number of likely N-dealkylation sites (N-methyl/N-ethyl adjacent to an activating group) is 2. The van der Waals surface area contributed by atoms with Gasteiger partial charge in [-0.05, 0) is 20.2 Å². The van der Waals surface area contributed by atoms with Gasteiger partial charge in [0.15, 0.2) is 0 Å².